The molecule has 0 atom stereocenters. The maximum absolute atomic E-state index is 13.4. The minimum atomic E-state index is -2.94. The fourth-order valence-electron chi connectivity index (χ4n) is 3.41. The fourth-order valence-corrected chi connectivity index (χ4v) is 3.41. The zero-order valence-corrected chi connectivity index (χ0v) is 16.4. The van der Waals surface area contributed by atoms with Crippen LogP contribution in [0.1, 0.15) is 28.4 Å². The van der Waals surface area contributed by atoms with E-state index in [1.807, 2.05) is 24.3 Å². The number of hydrogen-bond donors (Lipinski definition) is 1. The highest BCUT2D eigenvalue weighted by Crippen LogP contribution is 2.30. The van der Waals surface area contributed by atoms with Gasteiger partial charge in [-0.2, -0.15) is 0 Å². The van der Waals surface area contributed by atoms with Gasteiger partial charge in [-0.1, -0.05) is 18.2 Å². The van der Waals surface area contributed by atoms with Crippen molar-refractivity contribution in [3.63, 3.8) is 0 Å². The van der Waals surface area contributed by atoms with E-state index >= 15 is 0 Å². The summed E-state index contributed by atoms with van der Waals surface area (Å²) in [7, 11) is 0. The number of nitrogens with two attached hydrogens (primary N) is 1. The van der Waals surface area contributed by atoms with Gasteiger partial charge in [0.2, 0.25) is 0 Å². The van der Waals surface area contributed by atoms with E-state index in [2.05, 4.69) is 4.98 Å². The van der Waals surface area contributed by atoms with Crippen LogP contribution < -0.4 is 10.5 Å². The number of fused-ring (bicyclic) bond motifs is 1. The van der Waals surface area contributed by atoms with E-state index in [4.69, 9.17) is 10.5 Å². The third kappa shape index (κ3) is 4.10. The van der Waals surface area contributed by atoms with Gasteiger partial charge in [0.15, 0.2) is 0 Å². The van der Waals surface area contributed by atoms with Gasteiger partial charge in [-0.15, -0.1) is 0 Å². The molecule has 0 unspecified atom stereocenters. The van der Waals surface area contributed by atoms with Gasteiger partial charge < -0.3 is 15.4 Å². The first-order valence-electron chi connectivity index (χ1n) is 9.56. The SMILES string of the molecule is CC(F)(F)c1ccc(C(=O)N2CCOc3ccc(-c4ccc(N)nc4)cc3C2)cc1. The number of rotatable bonds is 3. The quantitative estimate of drug-likeness (QED) is 0.693. The lowest BCUT2D eigenvalue weighted by atomic mass is 10.0. The molecule has 154 valence electrons. The van der Waals surface area contributed by atoms with E-state index in [0.29, 0.717) is 31.1 Å². The third-order valence-electron chi connectivity index (χ3n) is 5.09. The van der Waals surface area contributed by atoms with Crippen LogP contribution in [-0.4, -0.2) is 28.9 Å². The van der Waals surface area contributed by atoms with Crippen LogP contribution in [0.15, 0.2) is 60.8 Å². The molecule has 0 bridgehead atoms. The van der Waals surface area contributed by atoms with Crippen LogP contribution in [0.5, 0.6) is 5.75 Å². The molecular weight excluding hydrogens is 388 g/mol. The van der Waals surface area contributed by atoms with Crippen molar-refractivity contribution in [3.05, 3.63) is 77.5 Å². The molecule has 3 aromatic rings. The van der Waals surface area contributed by atoms with Gasteiger partial charge in [0.05, 0.1) is 6.54 Å². The van der Waals surface area contributed by atoms with Crippen LogP contribution in [0.25, 0.3) is 11.1 Å². The smallest absolute Gasteiger partial charge is 0.270 e. The van der Waals surface area contributed by atoms with Crippen molar-refractivity contribution >= 4 is 11.7 Å². The predicted molar refractivity (Wildman–Crippen MR) is 110 cm³/mol. The summed E-state index contributed by atoms with van der Waals surface area (Å²) < 4.78 is 32.7. The van der Waals surface area contributed by atoms with Gasteiger partial charge >= 0.3 is 0 Å². The monoisotopic (exact) mass is 409 g/mol. The number of pyridine rings is 1. The summed E-state index contributed by atoms with van der Waals surface area (Å²) in [4.78, 5) is 18.8. The average Bonchev–Trinajstić information content (AvgIpc) is 2.95. The van der Waals surface area contributed by atoms with Gasteiger partial charge in [0.25, 0.3) is 11.8 Å². The second kappa shape index (κ2) is 7.74. The fraction of sp³-hybridized carbons (Fsp3) is 0.217. The Hall–Kier alpha value is -3.48. The Morgan fingerprint density at radius 1 is 1.10 bits per heavy atom. The molecule has 7 heteroatoms. The molecule has 2 aromatic carbocycles. The highest BCUT2D eigenvalue weighted by Gasteiger charge is 2.26. The third-order valence-corrected chi connectivity index (χ3v) is 5.09. The number of alkyl halides is 2. The zero-order chi connectivity index (χ0) is 21.3. The first kappa shape index (κ1) is 19.8. The Bertz CT molecular complexity index is 1060. The van der Waals surface area contributed by atoms with Crippen LogP contribution in [0.3, 0.4) is 0 Å². The van der Waals surface area contributed by atoms with Crippen LogP contribution in [0.2, 0.25) is 0 Å². The summed E-state index contributed by atoms with van der Waals surface area (Å²) in [6.45, 7) is 1.95. The maximum atomic E-state index is 13.4. The highest BCUT2D eigenvalue weighted by molar-refractivity contribution is 5.94. The van der Waals surface area contributed by atoms with Crippen LogP contribution in [0.4, 0.5) is 14.6 Å². The molecule has 0 saturated heterocycles. The van der Waals surface area contributed by atoms with Gasteiger partial charge in [0.1, 0.15) is 18.2 Å². The van der Waals surface area contributed by atoms with Gasteiger partial charge in [-0.25, -0.2) is 13.8 Å². The first-order valence-corrected chi connectivity index (χ1v) is 9.56. The molecule has 0 fully saturated rings. The summed E-state index contributed by atoms with van der Waals surface area (Å²) in [5.41, 5.74) is 8.62. The zero-order valence-electron chi connectivity index (χ0n) is 16.4. The Labute approximate surface area is 173 Å². The number of halogens is 2. The number of amides is 1. The molecule has 0 aliphatic carbocycles. The molecule has 0 saturated carbocycles. The van der Waals surface area contributed by atoms with E-state index in [1.165, 1.54) is 24.3 Å². The minimum Gasteiger partial charge on any atom is -0.491 e. The second-order valence-corrected chi connectivity index (χ2v) is 7.34. The molecule has 4 rings (SSSR count). The van der Waals surface area contributed by atoms with Gasteiger partial charge in [0, 0.05) is 41.9 Å². The maximum Gasteiger partial charge on any atom is 0.270 e. The number of benzene rings is 2. The van der Waals surface area contributed by atoms with Crippen LogP contribution in [-0.2, 0) is 12.5 Å². The molecule has 2 heterocycles. The van der Waals surface area contributed by atoms with Crippen molar-refractivity contribution in [3.8, 4) is 16.9 Å². The molecule has 30 heavy (non-hydrogen) atoms. The molecule has 2 N–H and O–H groups in total. The van der Waals surface area contributed by atoms with Gasteiger partial charge in [-0.05, 0) is 42.0 Å². The van der Waals surface area contributed by atoms with Crippen molar-refractivity contribution in [2.45, 2.75) is 19.4 Å². The predicted octanol–water partition coefficient (Wildman–Crippen LogP) is 4.48. The first-order chi connectivity index (χ1) is 14.3. The molecule has 0 radical (unpaired) electrons. The van der Waals surface area contributed by atoms with Crippen molar-refractivity contribution in [2.75, 3.05) is 18.9 Å². The van der Waals surface area contributed by atoms with Crippen molar-refractivity contribution in [1.82, 2.24) is 9.88 Å². The number of ether oxygens (including phenoxy) is 1. The Kier molecular flexibility index (Phi) is 5.11. The molecule has 5 nitrogen and oxygen atoms in total. The van der Waals surface area contributed by atoms with Gasteiger partial charge in [-0.3, -0.25) is 4.79 Å². The summed E-state index contributed by atoms with van der Waals surface area (Å²) in [6, 6.07) is 14.9. The number of carbonyl (C=O) groups is 1. The number of nitrogen functional groups attached to an aromatic ring is 1. The summed E-state index contributed by atoms with van der Waals surface area (Å²) in [5, 5.41) is 0. The largest absolute Gasteiger partial charge is 0.491 e. The highest BCUT2D eigenvalue weighted by atomic mass is 19.3. The lowest BCUT2D eigenvalue weighted by Gasteiger charge is -2.20. The topological polar surface area (TPSA) is 68.5 Å². The molecule has 1 aliphatic rings. The average molecular weight is 409 g/mol. The summed E-state index contributed by atoms with van der Waals surface area (Å²) in [6.07, 6.45) is 1.70. The second-order valence-electron chi connectivity index (χ2n) is 7.34. The van der Waals surface area contributed by atoms with Crippen molar-refractivity contribution in [1.29, 1.82) is 0 Å². The Balaban J connectivity index is 1.58. The lowest BCUT2D eigenvalue weighted by molar-refractivity contribution is 0.0174. The van der Waals surface area contributed by atoms with E-state index in [-0.39, 0.29) is 11.5 Å². The molecular formula is C23H21F2N3O2. The number of hydrogen-bond acceptors (Lipinski definition) is 4. The van der Waals surface area contributed by atoms with E-state index in [9.17, 15) is 13.6 Å². The van der Waals surface area contributed by atoms with E-state index < -0.39 is 5.92 Å². The van der Waals surface area contributed by atoms with E-state index in [1.54, 1.807) is 17.2 Å². The minimum absolute atomic E-state index is 0.120. The standard InChI is InChI=1S/C23H21F2N3O2/c1-23(24,25)19-6-2-15(3-7-19)22(29)28-10-11-30-20-8-4-16(12-18(20)14-28)17-5-9-21(26)27-13-17/h2-9,12-13H,10-11,14H2,1H3,(H2,26,27). The molecule has 0 spiro atoms. The molecule has 1 aliphatic heterocycles. The number of anilines is 1. The van der Waals surface area contributed by atoms with Crippen LogP contribution in [0, 0.1) is 0 Å². The normalized spacial score (nSPS) is 13.9. The van der Waals surface area contributed by atoms with Crippen molar-refractivity contribution in [2.24, 2.45) is 0 Å². The Morgan fingerprint density at radius 2 is 1.83 bits per heavy atom. The summed E-state index contributed by atoms with van der Waals surface area (Å²) in [5.74, 6) is -2.00. The van der Waals surface area contributed by atoms with Crippen molar-refractivity contribution < 1.29 is 18.3 Å². The lowest BCUT2D eigenvalue weighted by Crippen LogP contribution is -2.32. The number of nitrogens with zero attached hydrogens (tertiary/aromatic N) is 2. The molecule has 1 amide bonds. The number of aromatic nitrogens is 1. The molecule has 1 aromatic heterocycles. The Morgan fingerprint density at radius 3 is 2.50 bits per heavy atom. The number of carbonyl (C=O) groups excluding carboxylic acids is 1. The van der Waals surface area contributed by atoms with Crippen LogP contribution >= 0.6 is 0 Å². The summed E-state index contributed by atoms with van der Waals surface area (Å²) >= 11 is 0. The van der Waals surface area contributed by atoms with E-state index in [0.717, 1.165) is 29.4 Å².